The Morgan fingerprint density at radius 1 is 1.46 bits per heavy atom. The fourth-order valence-corrected chi connectivity index (χ4v) is 3.18. The van der Waals surface area contributed by atoms with E-state index in [4.69, 9.17) is 13.9 Å². The molecule has 1 heterocycles. The number of furan rings is 1. The van der Waals surface area contributed by atoms with E-state index in [1.165, 1.54) is 20.3 Å². The zero-order valence-electron chi connectivity index (χ0n) is 13.7. The number of aliphatic hydroxyl groups is 1. The molecule has 2 atom stereocenters. The van der Waals surface area contributed by atoms with Gasteiger partial charge in [-0.3, -0.25) is 9.59 Å². The quantitative estimate of drug-likeness (QED) is 0.685. The first-order valence-corrected chi connectivity index (χ1v) is 7.58. The number of hydrogen-bond acceptors (Lipinski definition) is 6. The van der Waals surface area contributed by atoms with Crippen molar-refractivity contribution in [1.29, 1.82) is 0 Å². The van der Waals surface area contributed by atoms with Crippen LogP contribution in [-0.2, 0) is 16.1 Å². The van der Waals surface area contributed by atoms with Gasteiger partial charge in [0.05, 0.1) is 19.5 Å². The van der Waals surface area contributed by atoms with Crippen LogP contribution in [0.5, 0.6) is 5.75 Å². The molecule has 0 spiro atoms. The minimum absolute atomic E-state index is 0.00210. The van der Waals surface area contributed by atoms with Crippen LogP contribution < -0.4 is 4.74 Å². The highest BCUT2D eigenvalue weighted by molar-refractivity contribution is 6.05. The van der Waals surface area contributed by atoms with Gasteiger partial charge in [-0.25, -0.2) is 0 Å². The van der Waals surface area contributed by atoms with Gasteiger partial charge < -0.3 is 19.0 Å². The fraction of sp³-hybridized carbons (Fsp3) is 0.333. The van der Waals surface area contributed by atoms with E-state index in [1.54, 1.807) is 12.2 Å². The first-order chi connectivity index (χ1) is 11.5. The summed E-state index contributed by atoms with van der Waals surface area (Å²) in [6.07, 6.45) is 4.91. The van der Waals surface area contributed by atoms with Crippen LogP contribution in [0.1, 0.15) is 46.8 Å². The molecule has 0 fully saturated rings. The number of fused-ring (bicyclic) bond motifs is 2. The van der Waals surface area contributed by atoms with E-state index in [1.807, 2.05) is 6.92 Å². The lowest BCUT2D eigenvalue weighted by Crippen LogP contribution is -2.19. The van der Waals surface area contributed by atoms with Crippen LogP contribution in [0.3, 0.4) is 0 Å². The summed E-state index contributed by atoms with van der Waals surface area (Å²) < 4.78 is 16.1. The highest BCUT2D eigenvalue weighted by Gasteiger charge is 2.31. The van der Waals surface area contributed by atoms with E-state index in [-0.39, 0.29) is 12.5 Å². The van der Waals surface area contributed by atoms with Crippen molar-refractivity contribution in [3.63, 3.8) is 0 Å². The molecule has 0 aliphatic heterocycles. The molecular weight excluding hydrogens is 312 g/mol. The van der Waals surface area contributed by atoms with Crippen molar-refractivity contribution in [3.8, 4) is 5.75 Å². The number of aliphatic hydroxyl groups excluding tert-OH is 1. The van der Waals surface area contributed by atoms with Crippen LogP contribution in [0, 0.1) is 0 Å². The SMILES string of the molecule is COc1c2c(c(C=O)c3c(COC(C)=O)coc13)C(C)C(O)C=C2. The van der Waals surface area contributed by atoms with Crippen molar-refractivity contribution in [2.24, 2.45) is 0 Å². The number of esters is 1. The van der Waals surface area contributed by atoms with Crippen LogP contribution >= 0.6 is 0 Å². The third kappa shape index (κ3) is 2.39. The van der Waals surface area contributed by atoms with Crippen molar-refractivity contribution in [2.45, 2.75) is 32.5 Å². The van der Waals surface area contributed by atoms with Crippen molar-refractivity contribution >= 4 is 29.3 Å². The predicted molar refractivity (Wildman–Crippen MR) is 87.1 cm³/mol. The second-order valence-corrected chi connectivity index (χ2v) is 5.78. The van der Waals surface area contributed by atoms with E-state index >= 15 is 0 Å². The summed E-state index contributed by atoms with van der Waals surface area (Å²) in [4.78, 5) is 22.9. The number of benzene rings is 1. The summed E-state index contributed by atoms with van der Waals surface area (Å²) in [6.45, 7) is 3.16. The Bertz CT molecular complexity index is 845. The van der Waals surface area contributed by atoms with Crippen molar-refractivity contribution in [2.75, 3.05) is 7.11 Å². The Morgan fingerprint density at radius 2 is 2.21 bits per heavy atom. The molecule has 3 rings (SSSR count). The third-order valence-electron chi connectivity index (χ3n) is 4.35. The van der Waals surface area contributed by atoms with Gasteiger partial charge in [-0.1, -0.05) is 19.1 Å². The molecule has 0 amide bonds. The summed E-state index contributed by atoms with van der Waals surface area (Å²) in [5.74, 6) is -0.205. The third-order valence-corrected chi connectivity index (χ3v) is 4.35. The normalized spacial score (nSPS) is 19.2. The van der Waals surface area contributed by atoms with Crippen LogP contribution in [0.15, 0.2) is 16.8 Å². The molecule has 0 radical (unpaired) electrons. The van der Waals surface area contributed by atoms with Crippen LogP contribution in [-0.4, -0.2) is 30.6 Å². The van der Waals surface area contributed by atoms with Crippen LogP contribution in [0.25, 0.3) is 17.0 Å². The van der Waals surface area contributed by atoms with Crippen LogP contribution in [0.4, 0.5) is 0 Å². The number of ether oxygens (including phenoxy) is 2. The molecule has 1 aromatic carbocycles. The van der Waals surface area contributed by atoms with Gasteiger partial charge in [0.2, 0.25) is 0 Å². The largest absolute Gasteiger partial charge is 0.492 e. The molecule has 1 aliphatic rings. The lowest BCUT2D eigenvalue weighted by atomic mass is 9.81. The lowest BCUT2D eigenvalue weighted by molar-refractivity contribution is -0.142. The van der Waals surface area contributed by atoms with E-state index in [2.05, 4.69) is 0 Å². The molecule has 24 heavy (non-hydrogen) atoms. The minimum Gasteiger partial charge on any atom is -0.492 e. The number of carbonyl (C=O) groups excluding carboxylic acids is 2. The molecule has 0 saturated heterocycles. The van der Waals surface area contributed by atoms with E-state index < -0.39 is 12.1 Å². The predicted octanol–water partition coefficient (Wildman–Crippen LogP) is 2.81. The molecule has 0 saturated carbocycles. The lowest BCUT2D eigenvalue weighted by Gasteiger charge is -2.26. The minimum atomic E-state index is -0.692. The van der Waals surface area contributed by atoms with Crippen molar-refractivity contribution in [1.82, 2.24) is 0 Å². The highest BCUT2D eigenvalue weighted by atomic mass is 16.5. The molecule has 0 bridgehead atoms. The van der Waals surface area contributed by atoms with E-state index in [0.29, 0.717) is 33.4 Å². The first-order valence-electron chi connectivity index (χ1n) is 7.58. The Kier molecular flexibility index (Phi) is 4.15. The van der Waals surface area contributed by atoms with Gasteiger partial charge in [-0.15, -0.1) is 0 Å². The second kappa shape index (κ2) is 6.13. The molecule has 2 unspecified atom stereocenters. The monoisotopic (exact) mass is 330 g/mol. The summed E-state index contributed by atoms with van der Waals surface area (Å²) in [7, 11) is 1.52. The summed E-state index contributed by atoms with van der Waals surface area (Å²) >= 11 is 0. The molecule has 2 aromatic rings. The average molecular weight is 330 g/mol. The molecule has 1 aromatic heterocycles. The van der Waals surface area contributed by atoms with Gasteiger partial charge in [0.15, 0.2) is 17.6 Å². The highest BCUT2D eigenvalue weighted by Crippen LogP contribution is 2.44. The zero-order valence-corrected chi connectivity index (χ0v) is 13.7. The number of methoxy groups -OCH3 is 1. The number of hydrogen-bond donors (Lipinski definition) is 1. The first kappa shape index (κ1) is 16.3. The van der Waals surface area contributed by atoms with Gasteiger partial charge in [0.1, 0.15) is 6.61 Å². The Balaban J connectivity index is 2.33. The average Bonchev–Trinajstić information content (AvgIpc) is 2.98. The Morgan fingerprint density at radius 3 is 2.83 bits per heavy atom. The molecule has 6 nitrogen and oxygen atoms in total. The van der Waals surface area contributed by atoms with E-state index in [0.717, 1.165) is 11.8 Å². The van der Waals surface area contributed by atoms with E-state index in [9.17, 15) is 14.7 Å². The number of carbonyl (C=O) groups is 2. The maximum Gasteiger partial charge on any atom is 0.302 e. The van der Waals surface area contributed by atoms with Gasteiger partial charge >= 0.3 is 5.97 Å². The molecule has 126 valence electrons. The molecule has 6 heteroatoms. The van der Waals surface area contributed by atoms with Gasteiger partial charge in [0.25, 0.3) is 0 Å². The fourth-order valence-electron chi connectivity index (χ4n) is 3.18. The maximum absolute atomic E-state index is 11.8. The summed E-state index contributed by atoms with van der Waals surface area (Å²) in [5, 5.41) is 10.7. The summed E-state index contributed by atoms with van der Waals surface area (Å²) in [6, 6.07) is 0. The molecule has 1 N–H and O–H groups in total. The molecular formula is C18H18O6. The van der Waals surface area contributed by atoms with Gasteiger partial charge in [-0.05, 0) is 5.56 Å². The smallest absolute Gasteiger partial charge is 0.302 e. The van der Waals surface area contributed by atoms with Crippen LogP contribution in [0.2, 0.25) is 0 Å². The zero-order chi connectivity index (χ0) is 17.4. The topological polar surface area (TPSA) is 86.0 Å². The standard InChI is InChI=1S/C18H18O6/c1-9-14(21)5-4-12-15(9)13(6-19)16-11(7-23-10(2)20)8-24-18(16)17(12)22-3/h4-6,8-9,14,21H,7H2,1-3H3. The van der Waals surface area contributed by atoms with Gasteiger partial charge in [-0.2, -0.15) is 0 Å². The van der Waals surface area contributed by atoms with Gasteiger partial charge in [0, 0.05) is 34.9 Å². The molecule has 1 aliphatic carbocycles. The number of aldehydes is 1. The Labute approximate surface area is 138 Å². The summed E-state index contributed by atoms with van der Waals surface area (Å²) in [5.41, 5.74) is 2.86. The Hall–Kier alpha value is -2.60. The second-order valence-electron chi connectivity index (χ2n) is 5.78. The maximum atomic E-state index is 11.8. The van der Waals surface area contributed by atoms with Crippen molar-refractivity contribution in [3.05, 3.63) is 34.6 Å². The van der Waals surface area contributed by atoms with Crippen molar-refractivity contribution < 1.29 is 28.6 Å². The number of rotatable bonds is 4.